The molecule has 1 nitrogen and oxygen atoms in total. The number of rotatable bonds is 3. The molecule has 0 saturated carbocycles. The molecule has 1 atom stereocenters. The van der Waals surface area contributed by atoms with Crippen molar-refractivity contribution in [2.75, 3.05) is 7.11 Å². The van der Waals surface area contributed by atoms with Crippen molar-refractivity contribution >= 4 is 43.2 Å². The molecule has 1 aromatic heterocycles. The third kappa shape index (κ3) is 2.78. The lowest BCUT2D eigenvalue weighted by Gasteiger charge is -2.09. The van der Waals surface area contributed by atoms with Crippen LogP contribution in [0.2, 0.25) is 0 Å². The first kappa shape index (κ1) is 14.0. The Balaban J connectivity index is 2.33. The number of thiophene rings is 1. The summed E-state index contributed by atoms with van der Waals surface area (Å²) in [4.78, 5) is 1.14. The van der Waals surface area contributed by atoms with E-state index < -0.39 is 0 Å². The Hall–Kier alpha value is -0.390. The van der Waals surface area contributed by atoms with Gasteiger partial charge >= 0.3 is 0 Å². The number of ether oxygens (including phenoxy) is 1. The predicted molar refractivity (Wildman–Crippen MR) is 80.5 cm³/mol. The van der Waals surface area contributed by atoms with Crippen LogP contribution in [0, 0.1) is 12.7 Å². The van der Waals surface area contributed by atoms with Gasteiger partial charge in [-0.25, -0.2) is 4.39 Å². The zero-order chi connectivity index (χ0) is 13.3. The van der Waals surface area contributed by atoms with Crippen molar-refractivity contribution in [2.45, 2.75) is 11.8 Å². The van der Waals surface area contributed by atoms with Crippen molar-refractivity contribution < 1.29 is 9.13 Å². The fourth-order valence-electron chi connectivity index (χ4n) is 1.61. The summed E-state index contributed by atoms with van der Waals surface area (Å²) in [7, 11) is 1.46. The maximum absolute atomic E-state index is 13.7. The normalized spacial score (nSPS) is 12.5. The maximum Gasteiger partial charge on any atom is 0.165 e. The minimum Gasteiger partial charge on any atom is -0.494 e. The van der Waals surface area contributed by atoms with E-state index in [1.165, 1.54) is 18.7 Å². The highest BCUT2D eigenvalue weighted by Gasteiger charge is 2.16. The summed E-state index contributed by atoms with van der Waals surface area (Å²) in [6, 6.07) is 7.11. The van der Waals surface area contributed by atoms with E-state index in [0.717, 1.165) is 14.2 Å². The summed E-state index contributed by atoms with van der Waals surface area (Å²) in [5.41, 5.74) is 2.07. The monoisotopic (exact) mass is 392 g/mol. The Bertz CT molecular complexity index is 549. The second kappa shape index (κ2) is 5.72. The van der Waals surface area contributed by atoms with E-state index in [2.05, 4.69) is 37.9 Å². The molecule has 1 unspecified atom stereocenters. The minimum absolute atomic E-state index is 0.00657. The molecule has 0 saturated heterocycles. The minimum atomic E-state index is -0.341. The molecule has 18 heavy (non-hydrogen) atoms. The summed E-state index contributed by atoms with van der Waals surface area (Å²) in [5, 5.41) is 0. The molecule has 0 N–H and O–H groups in total. The number of aryl methyl sites for hydroxylation is 1. The molecule has 0 spiro atoms. The summed E-state index contributed by atoms with van der Waals surface area (Å²) in [6.07, 6.45) is 0. The van der Waals surface area contributed by atoms with Gasteiger partial charge in [-0.2, -0.15) is 0 Å². The molecule has 0 radical (unpaired) electrons. The van der Waals surface area contributed by atoms with Gasteiger partial charge in [0.25, 0.3) is 0 Å². The Morgan fingerprint density at radius 2 is 2.06 bits per heavy atom. The van der Waals surface area contributed by atoms with Crippen molar-refractivity contribution in [3.8, 4) is 5.75 Å². The zero-order valence-corrected chi connectivity index (χ0v) is 13.8. The van der Waals surface area contributed by atoms with Gasteiger partial charge in [-0.1, -0.05) is 22.0 Å². The van der Waals surface area contributed by atoms with Crippen molar-refractivity contribution in [2.24, 2.45) is 0 Å². The third-order valence-electron chi connectivity index (χ3n) is 2.59. The molecule has 0 bridgehead atoms. The standard InChI is InChI=1S/C13H11Br2FOS/c1-7-5-11(18-13(7)15)12(14)8-3-4-10(17-2)9(16)6-8/h3-6,12H,1-2H3. The Morgan fingerprint density at radius 1 is 1.33 bits per heavy atom. The molecule has 5 heteroatoms. The van der Waals surface area contributed by atoms with E-state index in [-0.39, 0.29) is 16.4 Å². The van der Waals surface area contributed by atoms with E-state index in [4.69, 9.17) is 4.74 Å². The number of halogens is 3. The average Bonchev–Trinajstić information content (AvgIpc) is 2.68. The van der Waals surface area contributed by atoms with Gasteiger partial charge in [-0.3, -0.25) is 0 Å². The van der Waals surface area contributed by atoms with Gasteiger partial charge < -0.3 is 4.74 Å². The zero-order valence-electron chi connectivity index (χ0n) is 9.84. The number of benzene rings is 1. The molecule has 2 rings (SSSR count). The molecule has 1 heterocycles. The molecule has 0 fully saturated rings. The van der Waals surface area contributed by atoms with Gasteiger partial charge in [-0.15, -0.1) is 11.3 Å². The number of methoxy groups -OCH3 is 1. The molecule has 2 aromatic rings. The molecule has 96 valence electrons. The van der Waals surface area contributed by atoms with Crippen LogP contribution >= 0.6 is 43.2 Å². The van der Waals surface area contributed by atoms with Gasteiger partial charge in [0, 0.05) is 4.88 Å². The number of alkyl halides is 1. The lowest BCUT2D eigenvalue weighted by atomic mass is 10.1. The fraction of sp³-hybridized carbons (Fsp3) is 0.231. The molecule has 0 amide bonds. The van der Waals surface area contributed by atoms with E-state index in [1.807, 2.05) is 13.0 Å². The first-order chi connectivity index (χ1) is 8.52. The van der Waals surface area contributed by atoms with E-state index in [0.29, 0.717) is 0 Å². The Labute approximate surface area is 126 Å². The van der Waals surface area contributed by atoms with Crippen molar-refractivity contribution in [3.63, 3.8) is 0 Å². The van der Waals surface area contributed by atoms with Crippen molar-refractivity contribution in [1.29, 1.82) is 0 Å². The Kier molecular flexibility index (Phi) is 4.45. The predicted octanol–water partition coefficient (Wildman–Crippen LogP) is 5.45. The van der Waals surface area contributed by atoms with Gasteiger partial charge in [0.1, 0.15) is 0 Å². The smallest absolute Gasteiger partial charge is 0.165 e. The quantitative estimate of drug-likeness (QED) is 0.630. The highest BCUT2D eigenvalue weighted by atomic mass is 79.9. The number of hydrogen-bond acceptors (Lipinski definition) is 2. The van der Waals surface area contributed by atoms with E-state index in [1.54, 1.807) is 17.4 Å². The van der Waals surface area contributed by atoms with Crippen LogP contribution in [0.15, 0.2) is 28.1 Å². The van der Waals surface area contributed by atoms with Crippen LogP contribution in [0.3, 0.4) is 0 Å². The van der Waals surface area contributed by atoms with E-state index in [9.17, 15) is 4.39 Å². The average molecular weight is 394 g/mol. The SMILES string of the molecule is COc1ccc(C(Br)c2cc(C)c(Br)s2)cc1F. The first-order valence-electron chi connectivity index (χ1n) is 5.26. The molecular formula is C13H11Br2FOS. The van der Waals surface area contributed by atoms with Crippen molar-refractivity contribution in [3.05, 3.63) is 49.9 Å². The largest absolute Gasteiger partial charge is 0.494 e. The van der Waals surface area contributed by atoms with Crippen LogP contribution < -0.4 is 4.74 Å². The van der Waals surface area contributed by atoms with Crippen molar-refractivity contribution in [1.82, 2.24) is 0 Å². The van der Waals surface area contributed by atoms with Crippen LogP contribution in [0.5, 0.6) is 5.75 Å². The lowest BCUT2D eigenvalue weighted by Crippen LogP contribution is -1.93. The summed E-state index contributed by atoms with van der Waals surface area (Å²) in [6.45, 7) is 2.04. The molecule has 0 aliphatic carbocycles. The van der Waals surface area contributed by atoms with E-state index >= 15 is 0 Å². The fourth-order valence-corrected chi connectivity index (χ4v) is 3.89. The summed E-state index contributed by atoms with van der Waals surface area (Å²) < 4.78 is 19.7. The summed E-state index contributed by atoms with van der Waals surface area (Å²) in [5.74, 6) is -0.0752. The second-order valence-electron chi connectivity index (χ2n) is 3.86. The van der Waals surface area contributed by atoms with Crippen LogP contribution in [0.1, 0.15) is 20.8 Å². The molecule has 0 aliphatic heterocycles. The molecule has 1 aromatic carbocycles. The number of hydrogen-bond donors (Lipinski definition) is 0. The van der Waals surface area contributed by atoms with Crippen LogP contribution in [0.4, 0.5) is 4.39 Å². The highest BCUT2D eigenvalue weighted by Crippen LogP contribution is 2.39. The second-order valence-corrected chi connectivity index (χ2v) is 7.18. The van der Waals surface area contributed by atoms with Gasteiger partial charge in [0.2, 0.25) is 0 Å². The van der Waals surface area contributed by atoms with Crippen LogP contribution in [-0.2, 0) is 0 Å². The highest BCUT2D eigenvalue weighted by molar-refractivity contribution is 9.11. The Morgan fingerprint density at radius 3 is 2.56 bits per heavy atom. The van der Waals surface area contributed by atoms with Crippen LogP contribution in [-0.4, -0.2) is 7.11 Å². The molecular weight excluding hydrogens is 383 g/mol. The maximum atomic E-state index is 13.7. The third-order valence-corrected chi connectivity index (χ3v) is 6.12. The molecule has 0 aliphatic rings. The van der Waals surface area contributed by atoms with Gasteiger partial charge in [-0.05, 0) is 52.2 Å². The first-order valence-corrected chi connectivity index (χ1v) is 7.78. The van der Waals surface area contributed by atoms with Gasteiger partial charge in [0.15, 0.2) is 11.6 Å². The van der Waals surface area contributed by atoms with Crippen LogP contribution in [0.25, 0.3) is 0 Å². The lowest BCUT2D eigenvalue weighted by molar-refractivity contribution is 0.386. The van der Waals surface area contributed by atoms with Gasteiger partial charge in [0.05, 0.1) is 15.7 Å². The topological polar surface area (TPSA) is 9.23 Å². The summed E-state index contributed by atoms with van der Waals surface area (Å²) >= 11 is 8.75.